The van der Waals surface area contributed by atoms with Gasteiger partial charge in [-0.25, -0.2) is 0 Å². The molecule has 1 nitrogen and oxygen atoms in total. The maximum atomic E-state index is 5.92. The Morgan fingerprint density at radius 3 is 2.44 bits per heavy atom. The van der Waals surface area contributed by atoms with Crippen molar-refractivity contribution in [3.8, 4) is 0 Å². The molecule has 1 aromatic rings. The maximum Gasteiger partial charge on any atom is 0.0406 e. The van der Waals surface area contributed by atoms with Crippen LogP contribution in [0.1, 0.15) is 30.7 Å². The van der Waals surface area contributed by atoms with E-state index in [0.717, 1.165) is 11.6 Å². The molecule has 1 saturated heterocycles. The quantitative estimate of drug-likeness (QED) is 0.811. The predicted molar refractivity (Wildman–Crippen MR) is 70.6 cm³/mol. The zero-order valence-corrected chi connectivity index (χ0v) is 10.8. The monoisotopic (exact) mass is 257 g/mol. The predicted octanol–water partition coefficient (Wildman–Crippen LogP) is 3.62. The molecule has 1 spiro atoms. The summed E-state index contributed by atoms with van der Waals surface area (Å²) < 4.78 is 0. The van der Waals surface area contributed by atoms with Gasteiger partial charge in [0.05, 0.1) is 0 Å². The molecule has 3 rings (SSSR count). The second-order valence-corrected chi connectivity index (χ2v) is 5.39. The third-order valence-electron chi connectivity index (χ3n) is 4.19. The highest BCUT2D eigenvalue weighted by Crippen LogP contribution is 2.53. The van der Waals surface area contributed by atoms with E-state index in [2.05, 4.69) is 17.4 Å². The summed E-state index contributed by atoms with van der Waals surface area (Å²) in [5.74, 6) is 0.712. The Hall–Kier alpha value is -0.240. The Labute approximate surface area is 108 Å². The Bertz CT molecular complexity index is 357. The highest BCUT2D eigenvalue weighted by molar-refractivity contribution is 6.30. The van der Waals surface area contributed by atoms with Gasteiger partial charge in [0.25, 0.3) is 0 Å². The molecule has 0 aromatic heterocycles. The summed E-state index contributed by atoms with van der Waals surface area (Å²) in [6.07, 6.45) is 4.20. The van der Waals surface area contributed by atoms with E-state index in [0.29, 0.717) is 11.3 Å². The van der Waals surface area contributed by atoms with Crippen LogP contribution in [0.25, 0.3) is 0 Å². The lowest BCUT2D eigenvalue weighted by molar-refractivity contribution is 0.137. The number of rotatable bonds is 1. The topological polar surface area (TPSA) is 12.0 Å². The van der Waals surface area contributed by atoms with Gasteiger partial charge in [0, 0.05) is 24.0 Å². The second-order valence-electron chi connectivity index (χ2n) is 4.95. The first-order valence-electron chi connectivity index (χ1n) is 5.76. The number of hydrogen-bond acceptors (Lipinski definition) is 1. The lowest BCUT2D eigenvalue weighted by Gasteiger charge is -2.43. The molecule has 1 heterocycles. The Kier molecular flexibility index (Phi) is 3.48. The van der Waals surface area contributed by atoms with Gasteiger partial charge in [-0.05, 0) is 36.0 Å². The highest BCUT2D eigenvalue weighted by Gasteiger charge is 2.47. The van der Waals surface area contributed by atoms with Gasteiger partial charge in [-0.3, -0.25) is 0 Å². The van der Waals surface area contributed by atoms with Crippen molar-refractivity contribution in [2.24, 2.45) is 5.41 Å². The van der Waals surface area contributed by atoms with Crippen molar-refractivity contribution in [2.45, 2.75) is 25.2 Å². The van der Waals surface area contributed by atoms with Gasteiger partial charge in [-0.2, -0.15) is 0 Å². The molecule has 3 heteroatoms. The molecule has 1 atom stereocenters. The van der Waals surface area contributed by atoms with Crippen LogP contribution in [0.15, 0.2) is 24.3 Å². The zero-order chi connectivity index (χ0) is 10.3. The SMILES string of the molecule is Cl.Clc1ccc(C2CNCC23CCC3)cc1. The molecule has 16 heavy (non-hydrogen) atoms. The van der Waals surface area contributed by atoms with Crippen LogP contribution < -0.4 is 5.32 Å². The lowest BCUT2D eigenvalue weighted by atomic mass is 9.61. The third-order valence-corrected chi connectivity index (χ3v) is 4.44. The molecule has 2 fully saturated rings. The van der Waals surface area contributed by atoms with Gasteiger partial charge in [0.1, 0.15) is 0 Å². The lowest BCUT2D eigenvalue weighted by Crippen LogP contribution is -2.35. The summed E-state index contributed by atoms with van der Waals surface area (Å²) >= 11 is 5.92. The summed E-state index contributed by atoms with van der Waals surface area (Å²) in [5, 5.41) is 4.39. The van der Waals surface area contributed by atoms with Gasteiger partial charge in [0.15, 0.2) is 0 Å². The molecule has 1 aliphatic heterocycles. The highest BCUT2D eigenvalue weighted by atomic mass is 35.5. The molecule has 1 aromatic carbocycles. The van der Waals surface area contributed by atoms with E-state index in [1.165, 1.54) is 31.4 Å². The maximum absolute atomic E-state index is 5.92. The summed E-state index contributed by atoms with van der Waals surface area (Å²) in [7, 11) is 0. The van der Waals surface area contributed by atoms with E-state index in [1.807, 2.05) is 12.1 Å². The van der Waals surface area contributed by atoms with Crippen LogP contribution in [0.4, 0.5) is 0 Å². The van der Waals surface area contributed by atoms with Gasteiger partial charge in [0.2, 0.25) is 0 Å². The second kappa shape index (κ2) is 4.56. The molecular formula is C13H17Cl2N. The minimum absolute atomic E-state index is 0. The largest absolute Gasteiger partial charge is 0.316 e. The molecule has 88 valence electrons. The number of nitrogens with one attached hydrogen (secondary N) is 1. The molecule has 1 saturated carbocycles. The molecular weight excluding hydrogens is 241 g/mol. The minimum Gasteiger partial charge on any atom is -0.316 e. The van der Waals surface area contributed by atoms with Crippen molar-refractivity contribution in [3.63, 3.8) is 0 Å². The molecule has 1 N–H and O–H groups in total. The van der Waals surface area contributed by atoms with Crippen LogP contribution >= 0.6 is 24.0 Å². The van der Waals surface area contributed by atoms with E-state index in [9.17, 15) is 0 Å². The van der Waals surface area contributed by atoms with E-state index >= 15 is 0 Å². The smallest absolute Gasteiger partial charge is 0.0406 e. The van der Waals surface area contributed by atoms with Crippen molar-refractivity contribution in [3.05, 3.63) is 34.9 Å². The average Bonchev–Trinajstić information content (AvgIpc) is 2.62. The van der Waals surface area contributed by atoms with Crippen LogP contribution in [0, 0.1) is 5.41 Å². The van der Waals surface area contributed by atoms with Gasteiger partial charge in [-0.1, -0.05) is 30.2 Å². The Morgan fingerprint density at radius 2 is 1.88 bits per heavy atom. The normalized spacial score (nSPS) is 26.2. The van der Waals surface area contributed by atoms with Crippen LogP contribution in [0.3, 0.4) is 0 Å². The zero-order valence-electron chi connectivity index (χ0n) is 9.21. The van der Waals surface area contributed by atoms with Crippen molar-refractivity contribution < 1.29 is 0 Å². The van der Waals surface area contributed by atoms with Crippen molar-refractivity contribution in [2.75, 3.05) is 13.1 Å². The molecule has 1 unspecified atom stereocenters. The fourth-order valence-corrected chi connectivity index (χ4v) is 3.25. The molecule has 0 bridgehead atoms. The van der Waals surface area contributed by atoms with Crippen molar-refractivity contribution in [1.29, 1.82) is 0 Å². The summed E-state index contributed by atoms with van der Waals surface area (Å²) in [6, 6.07) is 8.42. The minimum atomic E-state index is 0. The Balaban J connectivity index is 0.000000963. The van der Waals surface area contributed by atoms with E-state index in [1.54, 1.807) is 0 Å². The first-order valence-corrected chi connectivity index (χ1v) is 6.14. The van der Waals surface area contributed by atoms with Crippen LogP contribution in [-0.2, 0) is 0 Å². The van der Waals surface area contributed by atoms with Crippen LogP contribution in [-0.4, -0.2) is 13.1 Å². The van der Waals surface area contributed by atoms with Crippen LogP contribution in [0.2, 0.25) is 5.02 Å². The molecule has 2 aliphatic rings. The fraction of sp³-hybridized carbons (Fsp3) is 0.538. The van der Waals surface area contributed by atoms with E-state index in [4.69, 9.17) is 11.6 Å². The number of hydrogen-bond donors (Lipinski definition) is 1. The Morgan fingerprint density at radius 1 is 1.19 bits per heavy atom. The number of halogens is 2. The van der Waals surface area contributed by atoms with Gasteiger partial charge in [-0.15, -0.1) is 12.4 Å². The first-order chi connectivity index (χ1) is 7.30. The summed E-state index contributed by atoms with van der Waals surface area (Å²) in [4.78, 5) is 0. The molecule has 0 amide bonds. The van der Waals surface area contributed by atoms with Gasteiger partial charge >= 0.3 is 0 Å². The fourth-order valence-electron chi connectivity index (χ4n) is 3.13. The summed E-state index contributed by atoms with van der Waals surface area (Å²) in [5.41, 5.74) is 2.04. The van der Waals surface area contributed by atoms with E-state index in [-0.39, 0.29) is 12.4 Å². The molecule has 1 aliphatic carbocycles. The van der Waals surface area contributed by atoms with Crippen molar-refractivity contribution in [1.82, 2.24) is 5.32 Å². The summed E-state index contributed by atoms with van der Waals surface area (Å²) in [6.45, 7) is 2.35. The third kappa shape index (κ3) is 1.85. The standard InChI is InChI=1S/C13H16ClN.ClH/c14-11-4-2-10(3-5-11)12-8-15-9-13(12)6-1-7-13;/h2-5,12,15H,1,6-9H2;1H. The van der Waals surface area contributed by atoms with Gasteiger partial charge < -0.3 is 5.32 Å². The van der Waals surface area contributed by atoms with E-state index < -0.39 is 0 Å². The van der Waals surface area contributed by atoms with Crippen molar-refractivity contribution >= 4 is 24.0 Å². The first kappa shape index (κ1) is 12.2. The molecule has 0 radical (unpaired) electrons. The number of benzene rings is 1. The van der Waals surface area contributed by atoms with Crippen LogP contribution in [0.5, 0.6) is 0 Å². The average molecular weight is 258 g/mol.